The molecule has 1 rings (SSSR count). The van der Waals surface area contributed by atoms with E-state index >= 15 is 0 Å². The van der Waals surface area contributed by atoms with E-state index in [-0.39, 0.29) is 23.0 Å². The lowest BCUT2D eigenvalue weighted by atomic mass is 10.1. The SMILES string of the molecule is O=C(c1cc(Cl)ccc1[N+](=O)[O-])N(CCCl)CC(F)F. The number of nitro groups is 1. The quantitative estimate of drug-likeness (QED) is 0.458. The maximum atomic E-state index is 12.4. The topological polar surface area (TPSA) is 63.4 Å². The van der Waals surface area contributed by atoms with Crippen LogP contribution in [0.15, 0.2) is 18.2 Å². The molecule has 0 aliphatic rings. The number of carbonyl (C=O) groups is 1. The maximum absolute atomic E-state index is 12.4. The van der Waals surface area contributed by atoms with Crippen LogP contribution in [0.25, 0.3) is 0 Å². The van der Waals surface area contributed by atoms with Gasteiger partial charge in [0.05, 0.1) is 11.5 Å². The summed E-state index contributed by atoms with van der Waals surface area (Å²) in [5.41, 5.74) is -0.832. The van der Waals surface area contributed by atoms with Gasteiger partial charge in [-0.2, -0.15) is 0 Å². The molecule has 0 saturated carbocycles. The molecule has 1 amide bonds. The lowest BCUT2D eigenvalue weighted by Gasteiger charge is -2.21. The monoisotopic (exact) mass is 326 g/mol. The molecule has 0 bridgehead atoms. The van der Waals surface area contributed by atoms with Gasteiger partial charge in [0.25, 0.3) is 18.0 Å². The molecule has 110 valence electrons. The first-order chi connectivity index (χ1) is 9.36. The third-order valence-corrected chi connectivity index (χ3v) is 2.79. The van der Waals surface area contributed by atoms with Gasteiger partial charge in [-0.1, -0.05) is 11.6 Å². The average molecular weight is 327 g/mol. The van der Waals surface area contributed by atoms with E-state index in [2.05, 4.69) is 0 Å². The molecule has 20 heavy (non-hydrogen) atoms. The minimum Gasteiger partial charge on any atom is -0.332 e. The number of carbonyl (C=O) groups excluding carboxylic acids is 1. The number of rotatable bonds is 6. The minimum absolute atomic E-state index is 0.0627. The predicted octanol–water partition coefficient (Wildman–Crippen LogP) is 3.19. The molecule has 0 spiro atoms. The summed E-state index contributed by atoms with van der Waals surface area (Å²) in [5, 5.41) is 11.0. The van der Waals surface area contributed by atoms with Crippen molar-refractivity contribution in [2.24, 2.45) is 0 Å². The molecule has 0 radical (unpaired) electrons. The first kappa shape index (κ1) is 16.6. The van der Waals surface area contributed by atoms with Gasteiger partial charge in [-0.3, -0.25) is 14.9 Å². The van der Waals surface area contributed by atoms with Crippen LogP contribution >= 0.6 is 23.2 Å². The molecule has 0 heterocycles. The highest BCUT2D eigenvalue weighted by Crippen LogP contribution is 2.24. The largest absolute Gasteiger partial charge is 0.332 e. The molecular formula is C11H10Cl2F2N2O3. The highest BCUT2D eigenvalue weighted by Gasteiger charge is 2.26. The molecule has 0 atom stereocenters. The fourth-order valence-electron chi connectivity index (χ4n) is 1.55. The standard InChI is InChI=1S/C11H10Cl2F2N2O3/c12-3-4-16(6-10(14)15)11(18)8-5-7(13)1-2-9(8)17(19)20/h1-2,5,10H,3-4,6H2. The van der Waals surface area contributed by atoms with Crippen LogP contribution in [-0.2, 0) is 0 Å². The Hall–Kier alpha value is -1.47. The summed E-state index contributed by atoms with van der Waals surface area (Å²) in [6.45, 7) is -0.996. The van der Waals surface area contributed by atoms with Crippen LogP contribution in [0.1, 0.15) is 10.4 Å². The average Bonchev–Trinajstić information content (AvgIpc) is 2.36. The van der Waals surface area contributed by atoms with E-state index < -0.39 is 29.5 Å². The van der Waals surface area contributed by atoms with E-state index in [1.54, 1.807) is 0 Å². The summed E-state index contributed by atoms with van der Waals surface area (Å²) >= 11 is 11.1. The Morgan fingerprint density at radius 2 is 2.10 bits per heavy atom. The zero-order valence-corrected chi connectivity index (χ0v) is 11.6. The van der Waals surface area contributed by atoms with Gasteiger partial charge >= 0.3 is 0 Å². The summed E-state index contributed by atoms with van der Waals surface area (Å²) in [5.74, 6) is -0.965. The highest BCUT2D eigenvalue weighted by atomic mass is 35.5. The van der Waals surface area contributed by atoms with Crippen LogP contribution in [0.4, 0.5) is 14.5 Å². The Kier molecular flexibility index (Phi) is 6.09. The molecule has 9 heteroatoms. The normalized spacial score (nSPS) is 10.7. The molecular weight excluding hydrogens is 317 g/mol. The second-order valence-corrected chi connectivity index (χ2v) is 4.56. The minimum atomic E-state index is -2.76. The van der Waals surface area contributed by atoms with E-state index in [4.69, 9.17) is 23.2 Å². The Bertz CT molecular complexity index is 514. The number of nitro benzene ring substituents is 1. The van der Waals surface area contributed by atoms with Crippen molar-refractivity contribution in [1.29, 1.82) is 0 Å². The molecule has 0 N–H and O–H groups in total. The molecule has 5 nitrogen and oxygen atoms in total. The van der Waals surface area contributed by atoms with Gasteiger partial charge in [0.2, 0.25) is 0 Å². The summed E-state index contributed by atoms with van der Waals surface area (Å²) < 4.78 is 24.9. The van der Waals surface area contributed by atoms with E-state index in [0.29, 0.717) is 0 Å². The van der Waals surface area contributed by atoms with Crippen LogP contribution in [0.3, 0.4) is 0 Å². The van der Waals surface area contributed by atoms with Gasteiger partial charge in [0.15, 0.2) is 0 Å². The molecule has 0 aliphatic heterocycles. The number of amides is 1. The van der Waals surface area contributed by atoms with Crippen LogP contribution < -0.4 is 0 Å². The smallest absolute Gasteiger partial charge is 0.282 e. The lowest BCUT2D eigenvalue weighted by molar-refractivity contribution is -0.385. The predicted molar refractivity (Wildman–Crippen MR) is 70.7 cm³/mol. The first-order valence-corrected chi connectivity index (χ1v) is 6.35. The van der Waals surface area contributed by atoms with E-state index in [1.807, 2.05) is 0 Å². The van der Waals surface area contributed by atoms with Gasteiger partial charge in [-0.05, 0) is 12.1 Å². The number of hydrogen-bond donors (Lipinski definition) is 0. The van der Waals surface area contributed by atoms with Crippen LogP contribution in [-0.4, -0.2) is 41.1 Å². The van der Waals surface area contributed by atoms with Crippen molar-refractivity contribution in [2.45, 2.75) is 6.43 Å². The lowest BCUT2D eigenvalue weighted by Crippen LogP contribution is -2.36. The van der Waals surface area contributed by atoms with Crippen molar-refractivity contribution >= 4 is 34.8 Å². The van der Waals surface area contributed by atoms with Gasteiger partial charge in [-0.25, -0.2) is 8.78 Å². The van der Waals surface area contributed by atoms with Gasteiger partial charge in [0, 0.05) is 23.5 Å². The molecule has 0 saturated heterocycles. The number of alkyl halides is 3. The van der Waals surface area contributed by atoms with Crippen molar-refractivity contribution in [3.63, 3.8) is 0 Å². The Morgan fingerprint density at radius 3 is 2.60 bits per heavy atom. The van der Waals surface area contributed by atoms with Gasteiger partial charge in [-0.15, -0.1) is 11.6 Å². The summed E-state index contributed by atoms with van der Waals surface area (Å²) in [7, 11) is 0. The molecule has 0 aromatic heterocycles. The third-order valence-electron chi connectivity index (χ3n) is 2.39. The molecule has 1 aromatic carbocycles. The number of benzene rings is 1. The fraction of sp³-hybridized carbons (Fsp3) is 0.364. The second kappa shape index (κ2) is 7.35. The number of nitrogens with zero attached hydrogens (tertiary/aromatic N) is 2. The van der Waals surface area contributed by atoms with Crippen molar-refractivity contribution in [3.8, 4) is 0 Å². The molecule has 1 aromatic rings. The Labute approximate surface area is 123 Å². The van der Waals surface area contributed by atoms with E-state index in [9.17, 15) is 23.7 Å². The first-order valence-electron chi connectivity index (χ1n) is 5.44. The fourth-order valence-corrected chi connectivity index (χ4v) is 1.93. The van der Waals surface area contributed by atoms with Crippen molar-refractivity contribution in [3.05, 3.63) is 38.9 Å². The van der Waals surface area contributed by atoms with Crippen molar-refractivity contribution < 1.29 is 18.5 Å². The van der Waals surface area contributed by atoms with Crippen LogP contribution in [0.2, 0.25) is 5.02 Å². The van der Waals surface area contributed by atoms with Crippen molar-refractivity contribution in [1.82, 2.24) is 4.90 Å². The number of hydrogen-bond acceptors (Lipinski definition) is 3. The summed E-state index contributed by atoms with van der Waals surface area (Å²) in [4.78, 5) is 23.0. The van der Waals surface area contributed by atoms with Crippen LogP contribution in [0.5, 0.6) is 0 Å². The number of halogens is 4. The summed E-state index contributed by atoms with van der Waals surface area (Å²) in [6.07, 6.45) is -2.76. The van der Waals surface area contributed by atoms with Crippen molar-refractivity contribution in [2.75, 3.05) is 19.0 Å². The second-order valence-electron chi connectivity index (χ2n) is 3.75. The van der Waals surface area contributed by atoms with E-state index in [1.165, 1.54) is 6.07 Å². The Balaban J connectivity index is 3.16. The van der Waals surface area contributed by atoms with E-state index in [0.717, 1.165) is 17.0 Å². The third kappa shape index (κ3) is 4.28. The van der Waals surface area contributed by atoms with Gasteiger partial charge < -0.3 is 4.90 Å². The van der Waals surface area contributed by atoms with Crippen LogP contribution in [0, 0.1) is 10.1 Å². The molecule has 0 aliphatic carbocycles. The zero-order valence-electron chi connectivity index (χ0n) is 10.1. The maximum Gasteiger partial charge on any atom is 0.282 e. The molecule has 0 unspecified atom stereocenters. The van der Waals surface area contributed by atoms with Gasteiger partial charge in [0.1, 0.15) is 5.56 Å². The molecule has 0 fully saturated rings. The Morgan fingerprint density at radius 1 is 1.45 bits per heavy atom. The summed E-state index contributed by atoms with van der Waals surface area (Å²) in [6, 6.07) is 3.38. The zero-order chi connectivity index (χ0) is 15.3. The highest BCUT2D eigenvalue weighted by molar-refractivity contribution is 6.31.